The molecule has 3 rings (SSSR count). The first-order valence-corrected chi connectivity index (χ1v) is 8.06. The van der Waals surface area contributed by atoms with E-state index in [9.17, 15) is 9.59 Å². The molecule has 2 N–H and O–H groups in total. The number of amides is 1. The number of carboxylic acid groups (broad SMARTS) is 1. The van der Waals surface area contributed by atoms with Gasteiger partial charge in [0.15, 0.2) is 0 Å². The highest BCUT2D eigenvalue weighted by Crippen LogP contribution is 2.42. The van der Waals surface area contributed by atoms with Crippen molar-refractivity contribution in [3.8, 4) is 16.2 Å². The quantitative estimate of drug-likeness (QED) is 0.902. The molecule has 1 aromatic heterocycles. The van der Waals surface area contributed by atoms with Gasteiger partial charge in [-0.2, -0.15) is 0 Å². The lowest BCUT2D eigenvalue weighted by Crippen LogP contribution is -2.38. The molecule has 0 unspecified atom stereocenters. The lowest BCUT2D eigenvalue weighted by molar-refractivity contribution is -0.146. The molecule has 0 aliphatic carbocycles. The van der Waals surface area contributed by atoms with Crippen molar-refractivity contribution >= 4 is 23.2 Å². The van der Waals surface area contributed by atoms with E-state index in [0.717, 1.165) is 21.8 Å². The van der Waals surface area contributed by atoms with Crippen LogP contribution < -0.4 is 10.1 Å². The van der Waals surface area contributed by atoms with Gasteiger partial charge in [-0.05, 0) is 32.0 Å². The SMILES string of the molecule is CC(C)(CNC(=O)c1cc2c(s1)-c1ccccc1OC2)C(=O)O. The van der Waals surface area contributed by atoms with Crippen molar-refractivity contribution in [1.29, 1.82) is 0 Å². The van der Waals surface area contributed by atoms with Crippen molar-refractivity contribution in [2.45, 2.75) is 20.5 Å². The molecular formula is C17H17NO4S. The van der Waals surface area contributed by atoms with Gasteiger partial charge in [-0.15, -0.1) is 11.3 Å². The molecule has 0 bridgehead atoms. The predicted octanol–water partition coefficient (Wildman–Crippen LogP) is 3.15. The topological polar surface area (TPSA) is 75.6 Å². The van der Waals surface area contributed by atoms with Crippen molar-refractivity contribution in [1.82, 2.24) is 5.32 Å². The predicted molar refractivity (Wildman–Crippen MR) is 87.8 cm³/mol. The highest BCUT2D eigenvalue weighted by atomic mass is 32.1. The minimum absolute atomic E-state index is 0.0802. The van der Waals surface area contributed by atoms with E-state index in [-0.39, 0.29) is 12.5 Å². The molecule has 1 aromatic carbocycles. The van der Waals surface area contributed by atoms with Gasteiger partial charge in [-0.25, -0.2) is 0 Å². The second kappa shape index (κ2) is 5.70. The maximum absolute atomic E-state index is 12.3. The summed E-state index contributed by atoms with van der Waals surface area (Å²) in [5, 5.41) is 11.8. The first-order chi connectivity index (χ1) is 10.9. The zero-order chi connectivity index (χ0) is 16.6. The number of aliphatic carboxylic acids is 1. The van der Waals surface area contributed by atoms with Crippen molar-refractivity contribution < 1.29 is 19.4 Å². The molecule has 120 valence electrons. The summed E-state index contributed by atoms with van der Waals surface area (Å²) < 4.78 is 5.69. The van der Waals surface area contributed by atoms with Gasteiger partial charge in [0, 0.05) is 22.5 Å². The second-order valence-electron chi connectivity index (χ2n) is 6.12. The summed E-state index contributed by atoms with van der Waals surface area (Å²) >= 11 is 1.41. The van der Waals surface area contributed by atoms with Crippen LogP contribution >= 0.6 is 11.3 Å². The maximum Gasteiger partial charge on any atom is 0.310 e. The number of benzene rings is 1. The maximum atomic E-state index is 12.3. The Kier molecular flexibility index (Phi) is 3.85. The van der Waals surface area contributed by atoms with Crippen molar-refractivity contribution in [2.24, 2.45) is 5.41 Å². The van der Waals surface area contributed by atoms with E-state index in [1.807, 2.05) is 30.3 Å². The molecule has 1 amide bonds. The lowest BCUT2D eigenvalue weighted by Gasteiger charge is -2.19. The monoisotopic (exact) mass is 331 g/mol. The molecular weight excluding hydrogens is 314 g/mol. The highest BCUT2D eigenvalue weighted by molar-refractivity contribution is 7.17. The Hall–Kier alpha value is -2.34. The summed E-state index contributed by atoms with van der Waals surface area (Å²) in [6, 6.07) is 9.55. The van der Waals surface area contributed by atoms with Crippen LogP contribution in [0.25, 0.3) is 10.4 Å². The van der Waals surface area contributed by atoms with Crippen molar-refractivity contribution in [2.75, 3.05) is 6.54 Å². The number of hydrogen-bond acceptors (Lipinski definition) is 4. The summed E-state index contributed by atoms with van der Waals surface area (Å²) in [6.07, 6.45) is 0. The number of thiophene rings is 1. The number of ether oxygens (including phenoxy) is 1. The molecule has 1 aliphatic rings. The third-order valence-corrected chi connectivity index (χ3v) is 5.03. The van der Waals surface area contributed by atoms with E-state index in [1.54, 1.807) is 13.8 Å². The average Bonchev–Trinajstić information content (AvgIpc) is 2.97. The minimum atomic E-state index is -0.998. The first-order valence-electron chi connectivity index (χ1n) is 7.25. The number of fused-ring (bicyclic) bond motifs is 3. The Labute approximate surface area is 137 Å². The van der Waals surface area contributed by atoms with Crippen LogP contribution in [0.1, 0.15) is 29.1 Å². The zero-order valence-electron chi connectivity index (χ0n) is 12.9. The third kappa shape index (κ3) is 2.94. The van der Waals surface area contributed by atoms with Crippen LogP contribution in [-0.4, -0.2) is 23.5 Å². The van der Waals surface area contributed by atoms with Crippen LogP contribution in [0, 0.1) is 5.41 Å². The van der Waals surface area contributed by atoms with Gasteiger partial charge >= 0.3 is 5.97 Å². The molecule has 23 heavy (non-hydrogen) atoms. The van der Waals surface area contributed by atoms with Gasteiger partial charge in [0.05, 0.1) is 10.3 Å². The van der Waals surface area contributed by atoms with Gasteiger partial charge in [0.1, 0.15) is 12.4 Å². The summed E-state index contributed by atoms with van der Waals surface area (Å²) in [4.78, 5) is 25.0. The normalized spacial score (nSPS) is 12.8. The fourth-order valence-electron chi connectivity index (χ4n) is 2.28. The van der Waals surface area contributed by atoms with E-state index in [0.29, 0.717) is 11.5 Å². The lowest BCUT2D eigenvalue weighted by atomic mass is 9.94. The van der Waals surface area contributed by atoms with Crippen LogP contribution in [-0.2, 0) is 11.4 Å². The average molecular weight is 331 g/mol. The van der Waals surface area contributed by atoms with Crippen LogP contribution in [0.4, 0.5) is 0 Å². The van der Waals surface area contributed by atoms with Crippen LogP contribution in [0.3, 0.4) is 0 Å². The minimum Gasteiger partial charge on any atom is -0.488 e. The molecule has 0 atom stereocenters. The molecule has 2 aromatic rings. The fraction of sp³-hybridized carbons (Fsp3) is 0.294. The third-order valence-electron chi connectivity index (χ3n) is 3.82. The molecule has 0 saturated heterocycles. The van der Waals surface area contributed by atoms with E-state index in [4.69, 9.17) is 9.84 Å². The van der Waals surface area contributed by atoms with E-state index in [2.05, 4.69) is 5.32 Å². The van der Waals surface area contributed by atoms with Gasteiger partial charge in [-0.3, -0.25) is 9.59 Å². The number of hydrogen-bond donors (Lipinski definition) is 2. The van der Waals surface area contributed by atoms with Gasteiger partial charge < -0.3 is 15.2 Å². The first kappa shape index (κ1) is 15.6. The molecule has 0 spiro atoms. The second-order valence-corrected chi connectivity index (χ2v) is 7.17. The Morgan fingerprint density at radius 1 is 1.35 bits per heavy atom. The van der Waals surface area contributed by atoms with Gasteiger partial charge in [-0.1, -0.05) is 12.1 Å². The largest absolute Gasteiger partial charge is 0.488 e. The zero-order valence-corrected chi connectivity index (χ0v) is 13.7. The molecule has 0 fully saturated rings. The van der Waals surface area contributed by atoms with Crippen LogP contribution in [0.15, 0.2) is 30.3 Å². The number of carbonyl (C=O) groups is 2. The van der Waals surface area contributed by atoms with E-state index < -0.39 is 11.4 Å². The smallest absolute Gasteiger partial charge is 0.310 e. The summed E-state index contributed by atoms with van der Waals surface area (Å²) in [7, 11) is 0. The molecule has 2 heterocycles. The van der Waals surface area contributed by atoms with Crippen molar-refractivity contribution in [3.05, 3.63) is 40.8 Å². The standard InChI is InChI=1S/C17H17NO4S/c1-17(2,16(20)21)9-18-15(19)13-7-10-8-22-12-6-4-3-5-11(12)14(10)23-13/h3-7H,8-9H2,1-2H3,(H,18,19)(H,20,21). The summed E-state index contributed by atoms with van der Waals surface area (Å²) in [5.41, 5.74) is 0.974. The van der Waals surface area contributed by atoms with E-state index in [1.165, 1.54) is 11.3 Å². The van der Waals surface area contributed by atoms with Crippen LogP contribution in [0.2, 0.25) is 0 Å². The number of para-hydroxylation sites is 1. The molecule has 0 radical (unpaired) electrons. The Balaban J connectivity index is 1.80. The fourth-order valence-corrected chi connectivity index (χ4v) is 3.39. The summed E-state index contributed by atoms with van der Waals surface area (Å²) in [6.45, 7) is 3.69. The van der Waals surface area contributed by atoms with Gasteiger partial charge in [0.25, 0.3) is 5.91 Å². The number of rotatable bonds is 4. The molecule has 6 heteroatoms. The Morgan fingerprint density at radius 2 is 2.09 bits per heavy atom. The number of carbonyl (C=O) groups excluding carboxylic acids is 1. The van der Waals surface area contributed by atoms with Gasteiger partial charge in [0.2, 0.25) is 0 Å². The molecule has 1 aliphatic heterocycles. The molecule has 0 saturated carbocycles. The Bertz CT molecular complexity index is 779. The van der Waals surface area contributed by atoms with Crippen LogP contribution in [0.5, 0.6) is 5.75 Å². The number of nitrogens with one attached hydrogen (secondary N) is 1. The highest BCUT2D eigenvalue weighted by Gasteiger charge is 2.28. The number of carboxylic acids is 1. The molecule has 5 nitrogen and oxygen atoms in total. The Morgan fingerprint density at radius 3 is 2.83 bits per heavy atom. The van der Waals surface area contributed by atoms with E-state index >= 15 is 0 Å². The summed E-state index contributed by atoms with van der Waals surface area (Å²) in [5.74, 6) is -0.373. The van der Waals surface area contributed by atoms with Crippen molar-refractivity contribution in [3.63, 3.8) is 0 Å².